The predicted octanol–water partition coefficient (Wildman–Crippen LogP) is 3.62. The van der Waals surface area contributed by atoms with Gasteiger partial charge in [-0.25, -0.2) is 9.69 Å². The van der Waals surface area contributed by atoms with Gasteiger partial charge >= 0.3 is 6.03 Å². The van der Waals surface area contributed by atoms with Crippen LogP contribution in [-0.4, -0.2) is 36.7 Å². The van der Waals surface area contributed by atoms with Gasteiger partial charge in [-0.15, -0.1) is 0 Å². The van der Waals surface area contributed by atoms with Gasteiger partial charge in [0.15, 0.2) is 11.5 Å². The van der Waals surface area contributed by atoms with Gasteiger partial charge < -0.3 is 14.6 Å². The molecule has 9 heteroatoms. The molecule has 0 unspecified atom stereocenters. The lowest BCUT2D eigenvalue weighted by Gasteiger charge is -2.26. The Morgan fingerprint density at radius 1 is 1.17 bits per heavy atom. The Balaban J connectivity index is 1.95. The van der Waals surface area contributed by atoms with E-state index < -0.39 is 17.8 Å². The largest absolute Gasteiger partial charge is 0.503 e. The van der Waals surface area contributed by atoms with Gasteiger partial charge in [0.25, 0.3) is 11.8 Å². The third-order valence-corrected chi connectivity index (χ3v) is 4.86. The van der Waals surface area contributed by atoms with Gasteiger partial charge in [-0.1, -0.05) is 6.92 Å². The van der Waals surface area contributed by atoms with Crippen LogP contribution in [-0.2, 0) is 9.59 Å². The second-order valence-electron chi connectivity index (χ2n) is 6.35. The topological polar surface area (TPSA) is 105 Å². The van der Waals surface area contributed by atoms with Crippen molar-refractivity contribution in [1.82, 2.24) is 5.32 Å². The van der Waals surface area contributed by atoms with Crippen molar-refractivity contribution < 1.29 is 29.0 Å². The average Bonchev–Trinajstić information content (AvgIpc) is 2.72. The summed E-state index contributed by atoms with van der Waals surface area (Å²) < 4.78 is 10.9. The van der Waals surface area contributed by atoms with E-state index in [1.807, 2.05) is 6.92 Å². The van der Waals surface area contributed by atoms with Crippen LogP contribution in [0.2, 0.25) is 0 Å². The highest BCUT2D eigenvalue weighted by atomic mass is 79.9. The normalized spacial score (nSPS) is 15.4. The monoisotopic (exact) mass is 474 g/mol. The summed E-state index contributed by atoms with van der Waals surface area (Å²) >= 11 is 3.19. The lowest BCUT2D eigenvalue weighted by molar-refractivity contribution is -0.122. The zero-order chi connectivity index (χ0) is 21.8. The number of halogens is 1. The van der Waals surface area contributed by atoms with Crippen LogP contribution in [0.4, 0.5) is 10.5 Å². The average molecular weight is 475 g/mol. The van der Waals surface area contributed by atoms with Crippen molar-refractivity contribution >= 4 is 45.5 Å². The molecule has 3 rings (SSSR count). The van der Waals surface area contributed by atoms with Crippen molar-refractivity contribution in [1.29, 1.82) is 0 Å². The number of amides is 4. The maximum absolute atomic E-state index is 13.0. The third-order valence-electron chi connectivity index (χ3n) is 4.25. The summed E-state index contributed by atoms with van der Waals surface area (Å²) in [5.74, 6) is -0.920. The molecule has 2 aromatic rings. The minimum Gasteiger partial charge on any atom is -0.503 e. The van der Waals surface area contributed by atoms with Gasteiger partial charge in [0.2, 0.25) is 0 Å². The number of phenols is 1. The van der Waals surface area contributed by atoms with E-state index in [4.69, 9.17) is 9.47 Å². The molecule has 30 heavy (non-hydrogen) atoms. The summed E-state index contributed by atoms with van der Waals surface area (Å²) in [7, 11) is 1.38. The van der Waals surface area contributed by atoms with Crippen molar-refractivity contribution in [3.05, 3.63) is 52.0 Å². The fourth-order valence-electron chi connectivity index (χ4n) is 2.80. The first-order chi connectivity index (χ1) is 14.3. The fraction of sp³-hybridized carbons (Fsp3) is 0.190. The molecule has 4 amide bonds. The smallest absolute Gasteiger partial charge is 0.335 e. The highest BCUT2D eigenvalue weighted by molar-refractivity contribution is 9.10. The van der Waals surface area contributed by atoms with Crippen LogP contribution in [0.15, 0.2) is 46.4 Å². The second kappa shape index (κ2) is 9.00. The number of hydrogen-bond donors (Lipinski definition) is 2. The summed E-state index contributed by atoms with van der Waals surface area (Å²) in [4.78, 5) is 38.5. The Morgan fingerprint density at radius 3 is 2.50 bits per heavy atom. The van der Waals surface area contributed by atoms with Crippen LogP contribution in [0, 0.1) is 0 Å². The number of carbonyl (C=O) groups excluding carboxylic acids is 3. The number of imide groups is 2. The Kier molecular flexibility index (Phi) is 6.41. The van der Waals surface area contributed by atoms with Crippen LogP contribution < -0.4 is 19.7 Å². The molecule has 0 aromatic heterocycles. The van der Waals surface area contributed by atoms with E-state index >= 15 is 0 Å². The zero-order valence-electron chi connectivity index (χ0n) is 16.3. The predicted molar refractivity (Wildman–Crippen MR) is 114 cm³/mol. The van der Waals surface area contributed by atoms with E-state index in [1.54, 1.807) is 24.3 Å². The molecule has 0 radical (unpaired) electrons. The molecule has 2 aromatic carbocycles. The highest BCUT2D eigenvalue weighted by Crippen LogP contribution is 2.36. The lowest BCUT2D eigenvalue weighted by atomic mass is 10.1. The maximum Gasteiger partial charge on any atom is 0.335 e. The number of rotatable bonds is 6. The van der Waals surface area contributed by atoms with Gasteiger partial charge in [-0.3, -0.25) is 14.9 Å². The molecule has 1 aliphatic heterocycles. The molecule has 0 aliphatic carbocycles. The zero-order valence-corrected chi connectivity index (χ0v) is 17.9. The van der Waals surface area contributed by atoms with Crippen LogP contribution >= 0.6 is 15.9 Å². The number of carbonyl (C=O) groups is 3. The number of barbiturate groups is 1. The number of benzene rings is 2. The van der Waals surface area contributed by atoms with E-state index in [-0.39, 0.29) is 17.1 Å². The Hall–Kier alpha value is -3.33. The Bertz CT molecular complexity index is 1030. The van der Waals surface area contributed by atoms with Gasteiger partial charge in [0, 0.05) is 0 Å². The minimum atomic E-state index is -0.839. The van der Waals surface area contributed by atoms with Crippen LogP contribution in [0.5, 0.6) is 17.2 Å². The molecule has 0 atom stereocenters. The maximum atomic E-state index is 13.0. The number of anilines is 1. The quantitative estimate of drug-likeness (QED) is 0.489. The summed E-state index contributed by atoms with van der Waals surface area (Å²) in [6, 6.07) is 8.57. The van der Waals surface area contributed by atoms with Gasteiger partial charge in [0.1, 0.15) is 11.3 Å². The van der Waals surface area contributed by atoms with Gasteiger partial charge in [-0.05, 0) is 70.4 Å². The van der Waals surface area contributed by atoms with Crippen molar-refractivity contribution in [2.75, 3.05) is 18.6 Å². The number of nitrogens with one attached hydrogen (secondary N) is 1. The standard InChI is InChI=1S/C21H19BrN2O6/c1-3-8-30-14-6-4-13(5-7-14)24-20(27)15(19(26)23-21(24)28)9-12-10-16(22)18(25)17(11-12)29-2/h4-7,9-11,25H,3,8H2,1-2H3,(H,23,26,28)/b15-9-. The molecule has 0 spiro atoms. The lowest BCUT2D eigenvalue weighted by Crippen LogP contribution is -2.54. The van der Waals surface area contributed by atoms with Gasteiger partial charge in [-0.2, -0.15) is 0 Å². The Morgan fingerprint density at radius 2 is 1.87 bits per heavy atom. The first kappa shape index (κ1) is 21.4. The number of urea groups is 1. The van der Waals surface area contributed by atoms with Crippen LogP contribution in [0.1, 0.15) is 18.9 Å². The minimum absolute atomic E-state index is 0.110. The Labute approximate surface area is 181 Å². The molecule has 8 nitrogen and oxygen atoms in total. The fourth-order valence-corrected chi connectivity index (χ4v) is 3.26. The second-order valence-corrected chi connectivity index (χ2v) is 7.21. The molecule has 1 fully saturated rings. The summed E-state index contributed by atoms with van der Waals surface area (Å²) in [5, 5.41) is 12.1. The number of ether oxygens (including phenoxy) is 2. The van der Waals surface area contributed by atoms with E-state index in [2.05, 4.69) is 21.2 Å². The van der Waals surface area contributed by atoms with Crippen molar-refractivity contribution in [3.8, 4) is 17.2 Å². The van der Waals surface area contributed by atoms with Crippen molar-refractivity contribution in [3.63, 3.8) is 0 Å². The number of aromatic hydroxyl groups is 1. The van der Waals surface area contributed by atoms with Crippen molar-refractivity contribution in [2.45, 2.75) is 13.3 Å². The molecule has 0 bridgehead atoms. The molecule has 156 valence electrons. The highest BCUT2D eigenvalue weighted by Gasteiger charge is 2.36. The molecule has 1 aliphatic rings. The van der Waals surface area contributed by atoms with E-state index in [9.17, 15) is 19.5 Å². The van der Waals surface area contributed by atoms with Gasteiger partial charge in [0.05, 0.1) is 23.9 Å². The first-order valence-electron chi connectivity index (χ1n) is 9.06. The third kappa shape index (κ3) is 4.30. The number of nitrogens with zero attached hydrogens (tertiary/aromatic N) is 1. The molecule has 2 N–H and O–H groups in total. The number of hydrogen-bond acceptors (Lipinski definition) is 6. The molecule has 1 saturated heterocycles. The van der Waals surface area contributed by atoms with E-state index in [0.29, 0.717) is 28.1 Å². The summed E-state index contributed by atoms with van der Waals surface area (Å²) in [6.07, 6.45) is 2.17. The van der Waals surface area contributed by atoms with E-state index in [1.165, 1.54) is 25.3 Å². The van der Waals surface area contributed by atoms with E-state index in [0.717, 1.165) is 11.3 Å². The first-order valence-corrected chi connectivity index (χ1v) is 9.85. The number of methoxy groups -OCH3 is 1. The molecule has 0 saturated carbocycles. The number of phenolic OH excluding ortho intramolecular Hbond substituents is 1. The summed E-state index contributed by atoms with van der Waals surface area (Å²) in [5.41, 5.74) is 0.484. The van der Waals surface area contributed by atoms with Crippen LogP contribution in [0.25, 0.3) is 6.08 Å². The molecular formula is C21H19BrN2O6. The molecule has 1 heterocycles. The van der Waals surface area contributed by atoms with Crippen LogP contribution in [0.3, 0.4) is 0 Å². The van der Waals surface area contributed by atoms with Crippen molar-refractivity contribution in [2.24, 2.45) is 0 Å². The summed E-state index contributed by atoms with van der Waals surface area (Å²) in [6.45, 7) is 2.54. The SMILES string of the molecule is CCCOc1ccc(N2C(=O)NC(=O)/C(=C/c3cc(Br)c(O)c(OC)c3)C2=O)cc1. The molecular weight excluding hydrogens is 456 g/mol.